The number of rotatable bonds is 1. The second-order valence-electron chi connectivity index (χ2n) is 2.41. The van der Waals surface area contributed by atoms with Gasteiger partial charge in [0.05, 0.1) is 5.69 Å². The molecule has 0 aromatic carbocycles. The van der Waals surface area contributed by atoms with Crippen molar-refractivity contribution >= 4 is 28.3 Å². The molecule has 62 valence electrons. The van der Waals surface area contributed by atoms with Crippen LogP contribution in [-0.4, -0.2) is 4.98 Å². The zero-order chi connectivity index (χ0) is 7.56. The molecule has 1 rings (SSSR count). The molecule has 3 heteroatoms. The average Bonchev–Trinajstić information content (AvgIpc) is 1.85. The predicted octanol–water partition coefficient (Wildman–Crippen LogP) is 3.02. The summed E-state index contributed by atoms with van der Waals surface area (Å²) in [5.74, 6) is 0. The van der Waals surface area contributed by atoms with Gasteiger partial charge in [-0.1, -0.05) is 15.9 Å². The SMILES string of the molecule is Cc1cc(C)nc(CBr)c1.Cl. The summed E-state index contributed by atoms with van der Waals surface area (Å²) >= 11 is 3.36. The first-order chi connectivity index (χ1) is 4.72. The molecule has 0 fully saturated rings. The lowest BCUT2D eigenvalue weighted by Crippen LogP contribution is -1.89. The molecule has 0 N–H and O–H groups in total. The molecule has 0 bridgehead atoms. The second kappa shape index (κ2) is 4.73. The van der Waals surface area contributed by atoms with Gasteiger partial charge in [-0.05, 0) is 31.5 Å². The largest absolute Gasteiger partial charge is 0.257 e. The maximum atomic E-state index is 4.31. The third-order valence-corrected chi connectivity index (χ3v) is 1.86. The van der Waals surface area contributed by atoms with E-state index in [0.29, 0.717) is 0 Å². The number of pyridine rings is 1. The van der Waals surface area contributed by atoms with Crippen molar-refractivity contribution in [1.82, 2.24) is 4.98 Å². The molecule has 0 aliphatic heterocycles. The highest BCUT2D eigenvalue weighted by atomic mass is 79.9. The number of hydrogen-bond acceptors (Lipinski definition) is 1. The van der Waals surface area contributed by atoms with Crippen molar-refractivity contribution in [3.8, 4) is 0 Å². The maximum absolute atomic E-state index is 4.31. The van der Waals surface area contributed by atoms with E-state index in [1.165, 1.54) is 5.56 Å². The molecule has 1 nitrogen and oxygen atoms in total. The zero-order valence-electron chi connectivity index (χ0n) is 6.60. The summed E-state index contributed by atoms with van der Waals surface area (Å²) < 4.78 is 0. The number of halogens is 2. The summed E-state index contributed by atoms with van der Waals surface area (Å²) in [5, 5.41) is 0.843. The van der Waals surface area contributed by atoms with Gasteiger partial charge >= 0.3 is 0 Å². The van der Waals surface area contributed by atoms with Crippen LogP contribution in [0.2, 0.25) is 0 Å². The van der Waals surface area contributed by atoms with Crippen molar-refractivity contribution in [3.63, 3.8) is 0 Å². The molecule has 1 heterocycles. The maximum Gasteiger partial charge on any atom is 0.0514 e. The quantitative estimate of drug-likeness (QED) is 0.683. The molecular formula is C8H11BrClN. The molecule has 1 aromatic rings. The fraction of sp³-hybridized carbons (Fsp3) is 0.375. The molecule has 0 unspecified atom stereocenters. The van der Waals surface area contributed by atoms with Crippen molar-refractivity contribution in [2.75, 3.05) is 0 Å². The van der Waals surface area contributed by atoms with E-state index in [1.807, 2.05) is 6.92 Å². The normalized spacial score (nSPS) is 9.00. The first-order valence-electron chi connectivity index (χ1n) is 3.22. The smallest absolute Gasteiger partial charge is 0.0514 e. The van der Waals surface area contributed by atoms with Crippen LogP contribution in [0.3, 0.4) is 0 Å². The van der Waals surface area contributed by atoms with Crippen molar-refractivity contribution in [1.29, 1.82) is 0 Å². The Hall–Kier alpha value is -0.0800. The van der Waals surface area contributed by atoms with Crippen LogP contribution >= 0.6 is 28.3 Å². The van der Waals surface area contributed by atoms with Crippen molar-refractivity contribution in [2.45, 2.75) is 19.2 Å². The molecule has 0 radical (unpaired) electrons. The Morgan fingerprint density at radius 2 is 2.00 bits per heavy atom. The van der Waals surface area contributed by atoms with Crippen molar-refractivity contribution < 1.29 is 0 Å². The summed E-state index contributed by atoms with van der Waals surface area (Å²) in [7, 11) is 0. The lowest BCUT2D eigenvalue weighted by atomic mass is 10.2. The van der Waals surface area contributed by atoms with E-state index in [4.69, 9.17) is 0 Å². The summed E-state index contributed by atoms with van der Waals surface area (Å²) in [6.45, 7) is 4.10. The van der Waals surface area contributed by atoms with Crippen LogP contribution in [0, 0.1) is 13.8 Å². The Labute approximate surface area is 81.8 Å². The lowest BCUT2D eigenvalue weighted by Gasteiger charge is -1.98. The van der Waals surface area contributed by atoms with E-state index >= 15 is 0 Å². The fourth-order valence-electron chi connectivity index (χ4n) is 0.993. The van der Waals surface area contributed by atoms with E-state index < -0.39 is 0 Å². The van der Waals surface area contributed by atoms with Crippen LogP contribution in [0.15, 0.2) is 12.1 Å². The van der Waals surface area contributed by atoms with Gasteiger partial charge in [0, 0.05) is 11.0 Å². The van der Waals surface area contributed by atoms with E-state index in [2.05, 4.69) is 40.0 Å². The van der Waals surface area contributed by atoms with Gasteiger partial charge in [-0.15, -0.1) is 12.4 Å². The number of aromatic nitrogens is 1. The van der Waals surface area contributed by atoms with Gasteiger partial charge in [0.25, 0.3) is 0 Å². The van der Waals surface area contributed by atoms with Gasteiger partial charge in [-0.25, -0.2) is 0 Å². The zero-order valence-corrected chi connectivity index (χ0v) is 9.00. The first kappa shape index (κ1) is 10.9. The summed E-state index contributed by atoms with van der Waals surface area (Å²) in [4.78, 5) is 4.31. The van der Waals surface area contributed by atoms with Crippen molar-refractivity contribution in [3.05, 3.63) is 29.1 Å². The molecule has 11 heavy (non-hydrogen) atoms. The summed E-state index contributed by atoms with van der Waals surface area (Å²) in [5.41, 5.74) is 3.48. The molecule has 0 amide bonds. The second-order valence-corrected chi connectivity index (χ2v) is 2.97. The van der Waals surface area contributed by atoms with Crippen LogP contribution < -0.4 is 0 Å². The Bertz CT molecular complexity index is 217. The number of nitrogens with zero attached hydrogens (tertiary/aromatic N) is 1. The molecule has 0 aliphatic carbocycles. The highest BCUT2D eigenvalue weighted by molar-refractivity contribution is 9.08. The van der Waals surface area contributed by atoms with Gasteiger partial charge in [0.15, 0.2) is 0 Å². The Kier molecular flexibility index (Phi) is 4.69. The van der Waals surface area contributed by atoms with Crippen LogP contribution in [-0.2, 0) is 5.33 Å². The predicted molar refractivity (Wildman–Crippen MR) is 53.6 cm³/mol. The number of hydrogen-bond donors (Lipinski definition) is 0. The van der Waals surface area contributed by atoms with Crippen LogP contribution in [0.5, 0.6) is 0 Å². The lowest BCUT2D eigenvalue weighted by molar-refractivity contribution is 1.09. The molecule has 0 aliphatic rings. The first-order valence-corrected chi connectivity index (χ1v) is 4.34. The van der Waals surface area contributed by atoms with E-state index in [-0.39, 0.29) is 12.4 Å². The average molecular weight is 237 g/mol. The number of aryl methyl sites for hydroxylation is 2. The molecule has 0 spiro atoms. The molecule has 0 saturated carbocycles. The minimum absolute atomic E-state index is 0. The van der Waals surface area contributed by atoms with Gasteiger partial charge in [-0.2, -0.15) is 0 Å². The van der Waals surface area contributed by atoms with Gasteiger partial charge in [0.2, 0.25) is 0 Å². The number of alkyl halides is 1. The van der Waals surface area contributed by atoms with Gasteiger partial charge in [-0.3, -0.25) is 4.98 Å². The Morgan fingerprint density at radius 1 is 1.36 bits per heavy atom. The molecule has 0 saturated heterocycles. The van der Waals surface area contributed by atoms with Crippen LogP contribution in [0.1, 0.15) is 17.0 Å². The topological polar surface area (TPSA) is 12.9 Å². The van der Waals surface area contributed by atoms with E-state index in [1.54, 1.807) is 0 Å². The summed E-state index contributed by atoms with van der Waals surface area (Å²) in [6, 6.07) is 4.16. The van der Waals surface area contributed by atoms with Crippen LogP contribution in [0.25, 0.3) is 0 Å². The standard InChI is InChI=1S/C8H10BrN.ClH/c1-6-3-7(2)10-8(4-6)5-9;/h3-4H,5H2,1-2H3;1H. The minimum Gasteiger partial charge on any atom is -0.257 e. The molecule has 0 atom stereocenters. The van der Waals surface area contributed by atoms with Crippen LogP contribution in [0.4, 0.5) is 0 Å². The van der Waals surface area contributed by atoms with Gasteiger partial charge < -0.3 is 0 Å². The molecule has 1 aromatic heterocycles. The third kappa shape index (κ3) is 3.21. The monoisotopic (exact) mass is 235 g/mol. The highest BCUT2D eigenvalue weighted by Crippen LogP contribution is 2.06. The van der Waals surface area contributed by atoms with Crippen molar-refractivity contribution in [2.24, 2.45) is 0 Å². The third-order valence-electron chi connectivity index (χ3n) is 1.29. The highest BCUT2D eigenvalue weighted by Gasteiger charge is 1.93. The minimum atomic E-state index is 0. The Balaban J connectivity index is 0.000001000. The summed E-state index contributed by atoms with van der Waals surface area (Å²) in [6.07, 6.45) is 0. The van der Waals surface area contributed by atoms with Gasteiger partial charge in [0.1, 0.15) is 0 Å². The molecular weight excluding hydrogens is 225 g/mol. The van der Waals surface area contributed by atoms with E-state index in [0.717, 1.165) is 16.7 Å². The van der Waals surface area contributed by atoms with E-state index in [9.17, 15) is 0 Å². The fourth-order valence-corrected chi connectivity index (χ4v) is 1.28. The Morgan fingerprint density at radius 3 is 2.45 bits per heavy atom.